The average molecular weight is 440 g/mol. The van der Waals surface area contributed by atoms with Gasteiger partial charge < -0.3 is 14.9 Å². The van der Waals surface area contributed by atoms with E-state index < -0.39 is 11.9 Å². The quantitative estimate of drug-likeness (QED) is 0.314. The molecule has 31 heavy (non-hydrogen) atoms. The lowest BCUT2D eigenvalue weighted by Crippen LogP contribution is -2.18. The number of nitrogens with one attached hydrogen (secondary N) is 1. The highest BCUT2D eigenvalue weighted by molar-refractivity contribution is 6.30. The number of halogens is 1. The molecule has 162 valence electrons. The molecular formula is C25H26ClNO4. The summed E-state index contributed by atoms with van der Waals surface area (Å²) in [6, 6.07) is 13.5. The number of carboxylic acids is 1. The van der Waals surface area contributed by atoms with Gasteiger partial charge in [0.25, 0.3) is 0 Å². The molecule has 1 unspecified atom stereocenters. The number of fused-ring (bicyclic) bond motifs is 1. The molecule has 0 spiro atoms. The van der Waals surface area contributed by atoms with Crippen LogP contribution in [0.4, 0.5) is 0 Å². The summed E-state index contributed by atoms with van der Waals surface area (Å²) < 4.78 is 5.68. The molecule has 6 heteroatoms. The minimum absolute atomic E-state index is 0.0995. The molecule has 3 rings (SSSR count). The number of aliphatic carboxylic acids is 1. The van der Waals surface area contributed by atoms with Crippen molar-refractivity contribution >= 4 is 34.3 Å². The molecule has 1 aromatic heterocycles. The molecule has 2 N–H and O–H groups in total. The van der Waals surface area contributed by atoms with Crippen molar-refractivity contribution in [1.82, 2.24) is 0 Å². The van der Waals surface area contributed by atoms with E-state index in [-0.39, 0.29) is 24.0 Å². The highest BCUT2D eigenvalue weighted by Gasteiger charge is 2.16. The van der Waals surface area contributed by atoms with Crippen LogP contribution in [0.25, 0.3) is 11.0 Å². The summed E-state index contributed by atoms with van der Waals surface area (Å²) in [5, 5.41) is 18.2. The molecule has 3 aromatic rings. The summed E-state index contributed by atoms with van der Waals surface area (Å²) in [5.41, 5.74) is 3.34. The van der Waals surface area contributed by atoms with Gasteiger partial charge in [0.05, 0.1) is 17.6 Å². The number of hydrogen-bond acceptors (Lipinski definition) is 4. The first-order valence-corrected chi connectivity index (χ1v) is 10.8. The molecule has 2 aromatic carbocycles. The van der Waals surface area contributed by atoms with Gasteiger partial charge in [-0.1, -0.05) is 36.7 Å². The number of carbonyl (C=O) groups is 1. The van der Waals surface area contributed by atoms with Gasteiger partial charge in [-0.05, 0) is 67.5 Å². The number of unbranched alkanes of at least 4 members (excludes halogenated alkanes) is 1. The van der Waals surface area contributed by atoms with Gasteiger partial charge in [-0.2, -0.15) is 0 Å². The van der Waals surface area contributed by atoms with Crippen molar-refractivity contribution in [2.75, 3.05) is 0 Å². The monoisotopic (exact) mass is 439 g/mol. The average Bonchev–Trinajstić information content (AvgIpc) is 2.74. The summed E-state index contributed by atoms with van der Waals surface area (Å²) in [6.07, 6.45) is 5.58. The zero-order valence-corrected chi connectivity index (χ0v) is 18.2. The summed E-state index contributed by atoms with van der Waals surface area (Å²) >= 11 is 5.91. The summed E-state index contributed by atoms with van der Waals surface area (Å²) in [6.45, 7) is 1.55. The van der Waals surface area contributed by atoms with E-state index in [1.807, 2.05) is 36.4 Å². The van der Waals surface area contributed by atoms with E-state index in [0.717, 1.165) is 36.3 Å². The van der Waals surface area contributed by atoms with Crippen LogP contribution in [0.5, 0.6) is 0 Å². The Balaban J connectivity index is 1.60. The van der Waals surface area contributed by atoms with Crippen LogP contribution in [-0.4, -0.2) is 16.8 Å². The maximum atomic E-state index is 12.8. The zero-order valence-electron chi connectivity index (χ0n) is 17.5. The van der Waals surface area contributed by atoms with E-state index in [9.17, 15) is 9.59 Å². The van der Waals surface area contributed by atoms with Crippen LogP contribution >= 0.6 is 11.6 Å². The number of hydrogen-bond donors (Lipinski definition) is 2. The molecule has 0 saturated heterocycles. The summed E-state index contributed by atoms with van der Waals surface area (Å²) in [7, 11) is 0. The van der Waals surface area contributed by atoms with Gasteiger partial charge in [0.1, 0.15) is 5.58 Å². The Bertz CT molecular complexity index is 1130. The van der Waals surface area contributed by atoms with Crippen LogP contribution in [0.2, 0.25) is 5.02 Å². The van der Waals surface area contributed by atoms with Crippen LogP contribution in [0.1, 0.15) is 42.9 Å². The first-order chi connectivity index (χ1) is 14.8. The van der Waals surface area contributed by atoms with E-state index in [1.54, 1.807) is 13.0 Å². The van der Waals surface area contributed by atoms with Crippen LogP contribution < -0.4 is 5.43 Å². The molecule has 0 radical (unpaired) electrons. The van der Waals surface area contributed by atoms with Crippen molar-refractivity contribution < 1.29 is 14.3 Å². The smallest absolute Gasteiger partial charge is 0.306 e. The second-order valence-corrected chi connectivity index (χ2v) is 8.41. The third-order valence-electron chi connectivity index (χ3n) is 5.38. The molecule has 0 fully saturated rings. The highest BCUT2D eigenvalue weighted by atomic mass is 35.5. The first-order valence-electron chi connectivity index (χ1n) is 10.4. The normalized spacial score (nSPS) is 12.1. The molecule has 1 heterocycles. The van der Waals surface area contributed by atoms with Crippen molar-refractivity contribution in [3.05, 3.63) is 80.7 Å². The van der Waals surface area contributed by atoms with Crippen LogP contribution in [0, 0.1) is 11.3 Å². The topological polar surface area (TPSA) is 91.4 Å². The van der Waals surface area contributed by atoms with Crippen molar-refractivity contribution in [1.29, 1.82) is 5.41 Å². The molecule has 0 bridgehead atoms. The zero-order chi connectivity index (χ0) is 22.4. The van der Waals surface area contributed by atoms with Gasteiger partial charge in [-0.15, -0.1) is 0 Å². The predicted molar refractivity (Wildman–Crippen MR) is 123 cm³/mol. The van der Waals surface area contributed by atoms with Crippen molar-refractivity contribution in [3.8, 4) is 0 Å². The highest BCUT2D eigenvalue weighted by Crippen LogP contribution is 2.18. The molecule has 0 saturated carbocycles. The Morgan fingerprint density at radius 1 is 1.10 bits per heavy atom. The molecule has 1 atom stereocenters. The maximum Gasteiger partial charge on any atom is 0.306 e. The van der Waals surface area contributed by atoms with Crippen molar-refractivity contribution in [2.24, 2.45) is 5.92 Å². The lowest BCUT2D eigenvalue weighted by atomic mass is 9.99. The Morgan fingerprint density at radius 2 is 1.74 bits per heavy atom. The second kappa shape index (κ2) is 10.4. The van der Waals surface area contributed by atoms with Crippen molar-refractivity contribution in [3.63, 3.8) is 0 Å². The van der Waals surface area contributed by atoms with Gasteiger partial charge in [-0.3, -0.25) is 9.59 Å². The Morgan fingerprint density at radius 3 is 2.42 bits per heavy atom. The van der Waals surface area contributed by atoms with Gasteiger partial charge in [-0.25, -0.2) is 0 Å². The van der Waals surface area contributed by atoms with E-state index >= 15 is 0 Å². The third-order valence-corrected chi connectivity index (χ3v) is 5.63. The number of rotatable bonds is 10. The van der Waals surface area contributed by atoms with E-state index in [1.165, 1.54) is 11.8 Å². The fourth-order valence-electron chi connectivity index (χ4n) is 3.56. The number of carboxylic acid groups (broad SMARTS) is 1. The Hall–Kier alpha value is -2.92. The van der Waals surface area contributed by atoms with Gasteiger partial charge >= 0.3 is 5.97 Å². The third kappa shape index (κ3) is 6.28. The SMILES string of the molecule is CC(CC(=N)Cc1coc2cc(CCCCc3ccc(Cl)cc3)ccc2c1=O)C(=O)O. The summed E-state index contributed by atoms with van der Waals surface area (Å²) in [4.78, 5) is 23.7. The van der Waals surface area contributed by atoms with Gasteiger partial charge in [0.15, 0.2) is 5.43 Å². The first kappa shape index (κ1) is 22.8. The number of benzene rings is 2. The van der Waals surface area contributed by atoms with Crippen LogP contribution in [-0.2, 0) is 24.1 Å². The molecular weight excluding hydrogens is 414 g/mol. The fourth-order valence-corrected chi connectivity index (χ4v) is 3.68. The molecule has 0 aliphatic rings. The largest absolute Gasteiger partial charge is 0.481 e. The van der Waals surface area contributed by atoms with E-state index in [4.69, 9.17) is 26.5 Å². The minimum Gasteiger partial charge on any atom is -0.481 e. The van der Waals surface area contributed by atoms with Crippen molar-refractivity contribution in [2.45, 2.75) is 45.4 Å². The molecule has 0 amide bonds. The predicted octanol–water partition coefficient (Wildman–Crippen LogP) is 5.68. The van der Waals surface area contributed by atoms with E-state index in [2.05, 4.69) is 0 Å². The van der Waals surface area contributed by atoms with Crippen LogP contribution in [0.15, 0.2) is 57.9 Å². The fraction of sp³-hybridized carbons (Fsp3) is 0.320. The van der Waals surface area contributed by atoms with Gasteiger partial charge in [0, 0.05) is 22.7 Å². The number of aryl methyl sites for hydroxylation is 2. The van der Waals surface area contributed by atoms with Gasteiger partial charge in [0.2, 0.25) is 0 Å². The second-order valence-electron chi connectivity index (χ2n) is 7.98. The molecule has 5 nitrogen and oxygen atoms in total. The lowest BCUT2D eigenvalue weighted by Gasteiger charge is -2.08. The summed E-state index contributed by atoms with van der Waals surface area (Å²) in [5.74, 6) is -1.60. The lowest BCUT2D eigenvalue weighted by molar-refractivity contribution is -0.140. The molecule has 0 aliphatic heterocycles. The minimum atomic E-state index is -0.948. The standard InChI is InChI=1S/C25H26ClNO4/c1-16(25(29)30)12-21(27)14-19-15-31-23-13-18(8-11-22(23)24(19)28)5-3-2-4-17-6-9-20(26)10-7-17/h6-11,13,15-16,27H,2-5,12,14H2,1H3,(H,29,30). The van der Waals surface area contributed by atoms with E-state index in [0.29, 0.717) is 16.5 Å². The Labute approximate surface area is 186 Å². The molecule has 0 aliphatic carbocycles. The Kier molecular flexibility index (Phi) is 7.64. The maximum absolute atomic E-state index is 12.8. The van der Waals surface area contributed by atoms with Crippen LogP contribution in [0.3, 0.4) is 0 Å².